The largest absolute Gasteiger partial charge is 0.374 e. The summed E-state index contributed by atoms with van der Waals surface area (Å²) in [6.45, 7) is 5.75. The van der Waals surface area contributed by atoms with Gasteiger partial charge in [-0.2, -0.15) is 0 Å². The van der Waals surface area contributed by atoms with Crippen LogP contribution in [0.1, 0.15) is 46.5 Å². The molecule has 0 spiro atoms. The molecule has 0 radical (unpaired) electrons. The smallest absolute Gasteiger partial charge is 0.152 e. The fourth-order valence-electron chi connectivity index (χ4n) is 1.27. The highest BCUT2D eigenvalue weighted by Gasteiger charge is 2.18. The Balaban J connectivity index is 4.10. The normalized spacial score (nSPS) is 15.7. The zero-order chi connectivity index (χ0) is 11.0. The van der Waals surface area contributed by atoms with E-state index in [1.54, 1.807) is 20.1 Å². The van der Waals surface area contributed by atoms with E-state index in [1.807, 2.05) is 13.0 Å². The van der Waals surface area contributed by atoms with Crippen molar-refractivity contribution < 1.29 is 9.53 Å². The molecular formula is C12H22O2. The lowest BCUT2D eigenvalue weighted by molar-refractivity contribution is -0.112. The van der Waals surface area contributed by atoms with Crippen molar-refractivity contribution in [3.8, 4) is 0 Å². The SMILES string of the molecule is CCCCCC(C)(C=CC(C)=O)OC. The monoisotopic (exact) mass is 198 g/mol. The number of hydrogen-bond acceptors (Lipinski definition) is 2. The minimum Gasteiger partial charge on any atom is -0.374 e. The van der Waals surface area contributed by atoms with Gasteiger partial charge >= 0.3 is 0 Å². The maximum atomic E-state index is 10.8. The van der Waals surface area contributed by atoms with Gasteiger partial charge < -0.3 is 4.74 Å². The third kappa shape index (κ3) is 5.92. The van der Waals surface area contributed by atoms with Gasteiger partial charge in [0.25, 0.3) is 0 Å². The van der Waals surface area contributed by atoms with Gasteiger partial charge in [0, 0.05) is 7.11 Å². The molecule has 0 heterocycles. The van der Waals surface area contributed by atoms with Crippen LogP contribution < -0.4 is 0 Å². The molecule has 14 heavy (non-hydrogen) atoms. The molecule has 0 saturated carbocycles. The molecule has 0 fully saturated rings. The number of ether oxygens (including phenoxy) is 1. The molecule has 0 aromatic rings. The van der Waals surface area contributed by atoms with Crippen LogP contribution in [0.5, 0.6) is 0 Å². The van der Waals surface area contributed by atoms with Gasteiger partial charge in [-0.25, -0.2) is 0 Å². The first-order valence-corrected chi connectivity index (χ1v) is 5.29. The maximum Gasteiger partial charge on any atom is 0.152 e. The lowest BCUT2D eigenvalue weighted by Gasteiger charge is -2.24. The van der Waals surface area contributed by atoms with Crippen LogP contribution in [0.25, 0.3) is 0 Å². The highest BCUT2D eigenvalue weighted by Crippen LogP contribution is 2.20. The highest BCUT2D eigenvalue weighted by atomic mass is 16.5. The van der Waals surface area contributed by atoms with Crippen LogP contribution in [0, 0.1) is 0 Å². The summed E-state index contributed by atoms with van der Waals surface area (Å²) in [5.41, 5.74) is -0.277. The summed E-state index contributed by atoms with van der Waals surface area (Å²) in [7, 11) is 1.69. The summed E-state index contributed by atoms with van der Waals surface area (Å²) < 4.78 is 5.40. The van der Waals surface area contributed by atoms with E-state index in [0.29, 0.717) is 0 Å². The predicted molar refractivity (Wildman–Crippen MR) is 59.4 cm³/mol. The van der Waals surface area contributed by atoms with Crippen molar-refractivity contribution >= 4 is 5.78 Å². The van der Waals surface area contributed by atoms with Crippen molar-refractivity contribution in [2.45, 2.75) is 52.1 Å². The summed E-state index contributed by atoms with van der Waals surface area (Å²) in [5, 5.41) is 0. The van der Waals surface area contributed by atoms with Crippen molar-refractivity contribution in [1.29, 1.82) is 0 Å². The Hall–Kier alpha value is -0.630. The van der Waals surface area contributed by atoms with Gasteiger partial charge in [-0.1, -0.05) is 26.2 Å². The third-order valence-electron chi connectivity index (χ3n) is 2.41. The van der Waals surface area contributed by atoms with E-state index in [0.717, 1.165) is 12.8 Å². The molecule has 82 valence electrons. The maximum absolute atomic E-state index is 10.8. The number of methoxy groups -OCH3 is 1. The van der Waals surface area contributed by atoms with Gasteiger partial charge in [0.15, 0.2) is 5.78 Å². The number of carbonyl (C=O) groups is 1. The van der Waals surface area contributed by atoms with E-state index in [4.69, 9.17) is 4.74 Å². The molecular weight excluding hydrogens is 176 g/mol. The fourth-order valence-corrected chi connectivity index (χ4v) is 1.27. The molecule has 2 heteroatoms. The van der Waals surface area contributed by atoms with Crippen LogP contribution in [-0.2, 0) is 9.53 Å². The average Bonchev–Trinajstić information content (AvgIpc) is 2.15. The summed E-state index contributed by atoms with van der Waals surface area (Å²) in [4.78, 5) is 10.8. The van der Waals surface area contributed by atoms with Crippen molar-refractivity contribution in [1.82, 2.24) is 0 Å². The number of rotatable bonds is 7. The molecule has 2 nitrogen and oxygen atoms in total. The molecule has 0 aliphatic carbocycles. The average molecular weight is 198 g/mol. The molecule has 0 aromatic heterocycles. The van der Waals surface area contributed by atoms with E-state index < -0.39 is 0 Å². The second-order valence-corrected chi connectivity index (χ2v) is 3.92. The van der Waals surface area contributed by atoms with E-state index in [1.165, 1.54) is 12.8 Å². The summed E-state index contributed by atoms with van der Waals surface area (Å²) in [6.07, 6.45) is 7.99. The second-order valence-electron chi connectivity index (χ2n) is 3.92. The van der Waals surface area contributed by atoms with Crippen LogP contribution in [0.4, 0.5) is 0 Å². The molecule has 0 bridgehead atoms. The first kappa shape index (κ1) is 13.4. The predicted octanol–water partition coefficient (Wildman–Crippen LogP) is 3.12. The third-order valence-corrected chi connectivity index (χ3v) is 2.41. The lowest BCUT2D eigenvalue weighted by Crippen LogP contribution is -2.24. The van der Waals surface area contributed by atoms with Crippen LogP contribution in [-0.4, -0.2) is 18.5 Å². The van der Waals surface area contributed by atoms with Crippen molar-refractivity contribution in [3.05, 3.63) is 12.2 Å². The van der Waals surface area contributed by atoms with E-state index >= 15 is 0 Å². The number of ketones is 1. The molecule has 1 unspecified atom stereocenters. The molecule has 0 saturated heterocycles. The highest BCUT2D eigenvalue weighted by molar-refractivity contribution is 5.87. The Kier molecular flexibility index (Phi) is 6.46. The zero-order valence-corrected chi connectivity index (χ0v) is 9.80. The molecule has 0 aromatic carbocycles. The van der Waals surface area contributed by atoms with Gasteiger partial charge in [0.05, 0.1) is 5.60 Å². The summed E-state index contributed by atoms with van der Waals surface area (Å²) in [6, 6.07) is 0. The second kappa shape index (κ2) is 6.77. The van der Waals surface area contributed by atoms with E-state index in [-0.39, 0.29) is 11.4 Å². The van der Waals surface area contributed by atoms with Crippen molar-refractivity contribution in [2.24, 2.45) is 0 Å². The Bertz CT molecular complexity index is 196. The standard InChI is InChI=1S/C12H22O2/c1-5-6-7-9-12(3,14-4)10-8-11(2)13/h8,10H,5-7,9H2,1-4H3. The molecule has 0 amide bonds. The molecule has 0 rings (SSSR count). The summed E-state index contributed by atoms with van der Waals surface area (Å²) in [5.74, 6) is 0.0729. The number of unbranched alkanes of at least 4 members (excludes halogenated alkanes) is 2. The van der Waals surface area contributed by atoms with E-state index in [9.17, 15) is 4.79 Å². The lowest BCUT2D eigenvalue weighted by atomic mass is 9.97. The van der Waals surface area contributed by atoms with Gasteiger partial charge in [-0.15, -0.1) is 0 Å². The fraction of sp³-hybridized carbons (Fsp3) is 0.750. The van der Waals surface area contributed by atoms with Crippen LogP contribution in [0.15, 0.2) is 12.2 Å². The van der Waals surface area contributed by atoms with Crippen LogP contribution in [0.2, 0.25) is 0 Å². The Labute approximate surface area is 87.3 Å². The van der Waals surface area contributed by atoms with Crippen LogP contribution >= 0.6 is 0 Å². The number of hydrogen-bond donors (Lipinski definition) is 0. The molecule has 0 aliphatic rings. The first-order valence-electron chi connectivity index (χ1n) is 5.29. The molecule has 1 atom stereocenters. The topological polar surface area (TPSA) is 26.3 Å². The van der Waals surface area contributed by atoms with Gasteiger partial charge in [0.2, 0.25) is 0 Å². The number of allylic oxidation sites excluding steroid dienone is 1. The quantitative estimate of drug-likeness (QED) is 0.464. The Morgan fingerprint density at radius 3 is 2.50 bits per heavy atom. The van der Waals surface area contributed by atoms with Gasteiger partial charge in [-0.05, 0) is 32.4 Å². The minimum atomic E-state index is -0.277. The van der Waals surface area contributed by atoms with Crippen LogP contribution in [0.3, 0.4) is 0 Å². The Morgan fingerprint density at radius 1 is 1.43 bits per heavy atom. The molecule has 0 aliphatic heterocycles. The zero-order valence-electron chi connectivity index (χ0n) is 9.80. The summed E-state index contributed by atoms with van der Waals surface area (Å²) >= 11 is 0. The van der Waals surface area contributed by atoms with Gasteiger partial charge in [-0.3, -0.25) is 4.79 Å². The van der Waals surface area contributed by atoms with Gasteiger partial charge in [0.1, 0.15) is 0 Å². The Morgan fingerprint density at radius 2 is 2.07 bits per heavy atom. The van der Waals surface area contributed by atoms with Crippen molar-refractivity contribution in [3.63, 3.8) is 0 Å². The number of carbonyl (C=O) groups excluding carboxylic acids is 1. The van der Waals surface area contributed by atoms with Crippen molar-refractivity contribution in [2.75, 3.05) is 7.11 Å². The minimum absolute atomic E-state index is 0.0729. The molecule has 0 N–H and O–H groups in total. The van der Waals surface area contributed by atoms with E-state index in [2.05, 4.69) is 6.92 Å². The first-order chi connectivity index (χ1) is 6.54.